The van der Waals surface area contributed by atoms with Crippen LogP contribution in [0.15, 0.2) is 12.7 Å². The highest BCUT2D eigenvalue weighted by atomic mass is 32.2. The van der Waals surface area contributed by atoms with Crippen molar-refractivity contribution in [2.75, 3.05) is 13.2 Å². The number of alkyl halides is 1. The Hall–Kier alpha value is -0.460. The van der Waals surface area contributed by atoms with Gasteiger partial charge in [0.15, 0.2) is 0 Å². The highest BCUT2D eigenvalue weighted by Crippen LogP contribution is 2.17. The second kappa shape index (κ2) is 28.8. The number of hydrogen-bond donors (Lipinski definition) is 1. The van der Waals surface area contributed by atoms with Gasteiger partial charge >= 0.3 is 0 Å². The average Bonchev–Trinajstić information content (AvgIpc) is 2.83. The summed E-state index contributed by atoms with van der Waals surface area (Å²) >= 11 is 0. The van der Waals surface area contributed by atoms with Crippen molar-refractivity contribution in [3.63, 3.8) is 0 Å². The molecule has 0 heterocycles. The summed E-state index contributed by atoms with van der Waals surface area (Å²) in [5.41, 5.74) is 3.04. The van der Waals surface area contributed by atoms with Gasteiger partial charge < -0.3 is 5.73 Å². The van der Waals surface area contributed by atoms with Gasteiger partial charge in [-0.05, 0) is 19.3 Å². The first kappa shape index (κ1) is 35.7. The normalized spacial score (nSPS) is 12.2. The minimum Gasteiger partial charge on any atom is -0.327 e. The molecule has 0 aromatic rings. The van der Waals surface area contributed by atoms with Crippen molar-refractivity contribution in [2.24, 2.45) is 5.73 Å². The number of unbranched alkanes of at least 4 members (excludes halogenated alkanes) is 18. The van der Waals surface area contributed by atoms with Crippen molar-refractivity contribution >= 4 is 10.1 Å². The van der Waals surface area contributed by atoms with E-state index >= 15 is 0 Å². The lowest BCUT2D eigenvalue weighted by Gasteiger charge is -2.10. The molecule has 1 atom stereocenters. The standard InChI is InChI=1S/C25H51FO3S.C3H7N/c1-3-5-7-9-11-12-13-14-15-16-18-20-22-24-29-30(27,28)25(26)23-21-19-17-10-8-6-4-2;1-2-3-4/h25H,3-24H2,1-2H3;2H,1,3-4H2. The monoisotopic (exact) mass is 507 g/mol. The Morgan fingerprint density at radius 1 is 0.706 bits per heavy atom. The average molecular weight is 508 g/mol. The van der Waals surface area contributed by atoms with Gasteiger partial charge in [-0.15, -0.1) is 6.58 Å². The van der Waals surface area contributed by atoms with Gasteiger partial charge in [-0.3, -0.25) is 4.18 Å². The molecule has 0 radical (unpaired) electrons. The van der Waals surface area contributed by atoms with Crippen LogP contribution in [0.2, 0.25) is 0 Å². The maximum Gasteiger partial charge on any atom is 0.299 e. The molecule has 4 nitrogen and oxygen atoms in total. The molecule has 2 N–H and O–H groups in total. The number of halogens is 1. The quantitative estimate of drug-likeness (QED) is 0.0760. The lowest BCUT2D eigenvalue weighted by molar-refractivity contribution is 0.270. The lowest BCUT2D eigenvalue weighted by atomic mass is 10.0. The first-order valence-corrected chi connectivity index (χ1v) is 15.8. The van der Waals surface area contributed by atoms with Crippen LogP contribution < -0.4 is 5.73 Å². The molecule has 0 saturated heterocycles. The molecule has 0 rings (SSSR count). The van der Waals surface area contributed by atoms with Gasteiger partial charge in [0, 0.05) is 6.54 Å². The summed E-state index contributed by atoms with van der Waals surface area (Å²) in [6.45, 7) is 8.49. The van der Waals surface area contributed by atoms with Crippen LogP contribution in [-0.4, -0.2) is 27.1 Å². The van der Waals surface area contributed by atoms with Crippen LogP contribution in [0.4, 0.5) is 4.39 Å². The lowest BCUT2D eigenvalue weighted by Crippen LogP contribution is -2.19. The van der Waals surface area contributed by atoms with Gasteiger partial charge in [0.1, 0.15) is 0 Å². The van der Waals surface area contributed by atoms with E-state index in [2.05, 4.69) is 20.4 Å². The molecule has 6 heteroatoms. The van der Waals surface area contributed by atoms with Crippen LogP contribution in [-0.2, 0) is 14.3 Å². The molecular formula is C28H58FNO3S. The summed E-state index contributed by atoms with van der Waals surface area (Å²) in [7, 11) is -4.04. The first-order chi connectivity index (χ1) is 16.5. The Morgan fingerprint density at radius 2 is 1.03 bits per heavy atom. The Kier molecular flexibility index (Phi) is 30.2. The minimum absolute atomic E-state index is 0.0642. The summed E-state index contributed by atoms with van der Waals surface area (Å²) in [4.78, 5) is 0. The Balaban J connectivity index is 0. The number of hydrogen-bond acceptors (Lipinski definition) is 4. The number of nitrogens with two attached hydrogens (primary N) is 1. The van der Waals surface area contributed by atoms with E-state index in [9.17, 15) is 12.8 Å². The molecule has 0 spiro atoms. The minimum atomic E-state index is -4.04. The van der Waals surface area contributed by atoms with Crippen LogP contribution in [0.25, 0.3) is 0 Å². The highest BCUT2D eigenvalue weighted by Gasteiger charge is 2.25. The molecule has 0 aromatic carbocycles. The van der Waals surface area contributed by atoms with Gasteiger partial charge in [-0.2, -0.15) is 8.42 Å². The molecule has 0 aliphatic rings. The fourth-order valence-corrected chi connectivity index (χ4v) is 4.73. The molecule has 0 bridgehead atoms. The summed E-state index contributed by atoms with van der Waals surface area (Å²) in [6, 6.07) is 0. The zero-order chi connectivity index (χ0) is 25.8. The summed E-state index contributed by atoms with van der Waals surface area (Å²) in [6.07, 6.45) is 25.2. The predicted octanol–water partition coefficient (Wildman–Crippen LogP) is 8.99. The molecule has 0 saturated carbocycles. The Labute approximate surface area is 212 Å². The molecule has 1 unspecified atom stereocenters. The van der Waals surface area contributed by atoms with E-state index in [-0.39, 0.29) is 13.0 Å². The summed E-state index contributed by atoms with van der Waals surface area (Å²) < 4.78 is 42.6. The van der Waals surface area contributed by atoms with E-state index < -0.39 is 15.6 Å². The van der Waals surface area contributed by atoms with E-state index in [0.29, 0.717) is 19.4 Å². The predicted molar refractivity (Wildman–Crippen MR) is 147 cm³/mol. The van der Waals surface area contributed by atoms with E-state index in [1.807, 2.05) is 0 Å². The van der Waals surface area contributed by atoms with Crippen LogP contribution in [0.3, 0.4) is 0 Å². The Morgan fingerprint density at radius 3 is 1.38 bits per heavy atom. The Bertz CT molecular complexity index is 500. The molecule has 0 fully saturated rings. The zero-order valence-electron chi connectivity index (χ0n) is 22.7. The van der Waals surface area contributed by atoms with Gasteiger partial charge in [0.2, 0.25) is 5.50 Å². The van der Waals surface area contributed by atoms with Crippen LogP contribution in [0.1, 0.15) is 149 Å². The first-order valence-electron chi connectivity index (χ1n) is 14.3. The van der Waals surface area contributed by atoms with Crippen molar-refractivity contribution in [3.05, 3.63) is 12.7 Å². The van der Waals surface area contributed by atoms with E-state index in [0.717, 1.165) is 32.1 Å². The zero-order valence-corrected chi connectivity index (χ0v) is 23.5. The van der Waals surface area contributed by atoms with Gasteiger partial charge in [-0.1, -0.05) is 135 Å². The van der Waals surface area contributed by atoms with Crippen LogP contribution in [0.5, 0.6) is 0 Å². The van der Waals surface area contributed by atoms with E-state index in [1.54, 1.807) is 6.08 Å². The third-order valence-corrected chi connectivity index (χ3v) is 7.37. The van der Waals surface area contributed by atoms with Crippen LogP contribution in [0, 0.1) is 0 Å². The van der Waals surface area contributed by atoms with Crippen molar-refractivity contribution in [2.45, 2.75) is 154 Å². The third-order valence-electron chi connectivity index (χ3n) is 6.01. The SMILES string of the molecule is C=CCN.CCCCCCCCCCCCCCCOS(=O)(=O)C(F)CCCCCCCCC. The fourth-order valence-electron chi connectivity index (χ4n) is 3.78. The van der Waals surface area contributed by atoms with Gasteiger partial charge in [-0.25, -0.2) is 4.39 Å². The second-order valence-electron chi connectivity index (χ2n) is 9.40. The van der Waals surface area contributed by atoms with Crippen molar-refractivity contribution in [1.29, 1.82) is 0 Å². The molecular weight excluding hydrogens is 449 g/mol. The number of rotatable bonds is 25. The molecule has 0 aromatic heterocycles. The summed E-state index contributed by atoms with van der Waals surface area (Å²) in [5, 5.41) is 0. The molecule has 34 heavy (non-hydrogen) atoms. The van der Waals surface area contributed by atoms with E-state index in [4.69, 9.17) is 9.92 Å². The highest BCUT2D eigenvalue weighted by molar-refractivity contribution is 7.87. The molecule has 0 amide bonds. The summed E-state index contributed by atoms with van der Waals surface area (Å²) in [5.74, 6) is 0. The molecule has 0 aliphatic heterocycles. The van der Waals surface area contributed by atoms with Crippen molar-refractivity contribution in [1.82, 2.24) is 0 Å². The van der Waals surface area contributed by atoms with Crippen molar-refractivity contribution in [3.8, 4) is 0 Å². The van der Waals surface area contributed by atoms with Crippen molar-refractivity contribution < 1.29 is 17.0 Å². The maximum atomic E-state index is 14.0. The molecule has 0 aliphatic carbocycles. The van der Waals surface area contributed by atoms with Gasteiger partial charge in [0.25, 0.3) is 10.1 Å². The maximum absolute atomic E-state index is 14.0. The largest absolute Gasteiger partial charge is 0.327 e. The van der Waals surface area contributed by atoms with Crippen LogP contribution >= 0.6 is 0 Å². The second-order valence-corrected chi connectivity index (χ2v) is 11.1. The topological polar surface area (TPSA) is 69.4 Å². The third kappa shape index (κ3) is 27.8. The smallest absolute Gasteiger partial charge is 0.299 e. The van der Waals surface area contributed by atoms with E-state index in [1.165, 1.54) is 83.5 Å². The van der Waals surface area contributed by atoms with Gasteiger partial charge in [0.05, 0.1) is 6.61 Å². The fraction of sp³-hybridized carbons (Fsp3) is 0.929. The molecule has 206 valence electrons.